The highest BCUT2D eigenvalue weighted by Crippen LogP contribution is 2.43. The van der Waals surface area contributed by atoms with E-state index in [1.165, 1.54) is 32.1 Å². The molecule has 0 radical (unpaired) electrons. The van der Waals surface area contributed by atoms with E-state index < -0.39 is 45.8 Å². The number of ether oxygens (including phenoxy) is 2. The molecule has 0 aromatic heterocycles. The molecule has 0 amide bonds. The first-order valence-electron chi connectivity index (χ1n) is 25.5. The lowest BCUT2D eigenvalue weighted by atomic mass is 10.1. The number of phosphoric ester groups is 1. The lowest BCUT2D eigenvalue weighted by Crippen LogP contribution is -2.29. The van der Waals surface area contributed by atoms with Gasteiger partial charge in [-0.05, 0) is 103 Å². The average molecular weight is 941 g/mol. The number of hydrogen-bond acceptors (Lipinski definition) is 8. The molecule has 0 aliphatic heterocycles. The SMILES string of the molecule is CC/C=C\C/C=C\C/C=C\C/C=C\C/C=C\CCCCCCCCCCOCC(COP(=O)(O)OCC(O)CO)OC(=O)CCCCCCC/C=C\C/C=C\C/C=C\C/C=C\C/C=C\CC. The molecule has 0 aromatic rings. The summed E-state index contributed by atoms with van der Waals surface area (Å²) in [6.07, 6.45) is 68.7. The van der Waals surface area contributed by atoms with Crippen LogP contribution in [-0.4, -0.2) is 66.3 Å². The van der Waals surface area contributed by atoms with E-state index in [4.69, 9.17) is 23.6 Å². The second kappa shape index (κ2) is 51.3. The number of carbonyl (C=O) groups is 1. The van der Waals surface area contributed by atoms with Crippen LogP contribution < -0.4 is 0 Å². The molecule has 0 aliphatic carbocycles. The van der Waals surface area contributed by atoms with Crippen LogP contribution in [0.1, 0.15) is 181 Å². The summed E-state index contributed by atoms with van der Waals surface area (Å²) in [5, 5.41) is 18.4. The zero-order chi connectivity index (χ0) is 48.1. The fourth-order valence-corrected chi connectivity index (χ4v) is 7.14. The van der Waals surface area contributed by atoms with Gasteiger partial charge in [0.25, 0.3) is 0 Å². The standard InChI is InChI=1S/C56H93O9P/c1-3-5-7-9-11-13-15-17-19-21-23-25-26-27-29-31-33-35-37-39-41-43-45-47-49-62-52-55(53-64-66(60,61)63-51-54(58)50-57)65-56(59)48-46-44-42-40-38-36-34-32-30-28-24-22-20-18-16-14-12-10-8-6-4-2/h5-8,11-14,17-20,23-25,27-29,32,34,54-55,57-58H,3-4,9-10,15-16,21-22,26,30-31,33,35-53H2,1-2H3,(H,60,61)/b7-5-,8-6-,13-11-,14-12-,19-17-,20-18-,25-23-,28-24-,29-27-,34-32-. The summed E-state index contributed by atoms with van der Waals surface area (Å²) in [6.45, 7) is 3.22. The van der Waals surface area contributed by atoms with Gasteiger partial charge in [-0.2, -0.15) is 0 Å². The summed E-state index contributed by atoms with van der Waals surface area (Å²) < 4.78 is 33.5. The van der Waals surface area contributed by atoms with Crippen molar-refractivity contribution in [1.82, 2.24) is 0 Å². The van der Waals surface area contributed by atoms with E-state index in [9.17, 15) is 19.4 Å². The maximum Gasteiger partial charge on any atom is 0.472 e. The fraction of sp³-hybridized carbons (Fsp3) is 0.625. The predicted octanol–water partition coefficient (Wildman–Crippen LogP) is 15.1. The van der Waals surface area contributed by atoms with Crippen LogP contribution in [-0.2, 0) is 27.9 Å². The molecule has 10 heteroatoms. The molecule has 0 spiro atoms. The molecule has 66 heavy (non-hydrogen) atoms. The molecule has 0 bridgehead atoms. The van der Waals surface area contributed by atoms with E-state index in [0.717, 1.165) is 122 Å². The number of aliphatic hydroxyl groups is 2. The predicted molar refractivity (Wildman–Crippen MR) is 278 cm³/mol. The molecule has 3 unspecified atom stereocenters. The van der Waals surface area contributed by atoms with Gasteiger partial charge in [-0.1, -0.05) is 193 Å². The van der Waals surface area contributed by atoms with Crippen LogP contribution in [0.25, 0.3) is 0 Å². The van der Waals surface area contributed by atoms with Crippen molar-refractivity contribution in [3.63, 3.8) is 0 Å². The molecule has 0 fully saturated rings. The molecule has 9 nitrogen and oxygen atoms in total. The largest absolute Gasteiger partial charge is 0.472 e. The molecular weight excluding hydrogens is 848 g/mol. The maximum absolute atomic E-state index is 12.7. The van der Waals surface area contributed by atoms with E-state index in [0.29, 0.717) is 13.0 Å². The Morgan fingerprint density at radius 3 is 1.23 bits per heavy atom. The third-order valence-electron chi connectivity index (χ3n) is 10.1. The summed E-state index contributed by atoms with van der Waals surface area (Å²) in [7, 11) is -4.54. The normalized spacial score (nSPS) is 14.8. The Kier molecular flexibility index (Phi) is 48.8. The molecule has 3 N–H and O–H groups in total. The Labute approximate surface area is 402 Å². The summed E-state index contributed by atoms with van der Waals surface area (Å²) in [6, 6.07) is 0. The Morgan fingerprint density at radius 1 is 0.470 bits per heavy atom. The highest BCUT2D eigenvalue weighted by atomic mass is 31.2. The van der Waals surface area contributed by atoms with E-state index in [1.54, 1.807) is 0 Å². The summed E-state index contributed by atoms with van der Waals surface area (Å²) in [5.74, 6) is -0.409. The zero-order valence-corrected chi connectivity index (χ0v) is 42.3. The van der Waals surface area contributed by atoms with Crippen molar-refractivity contribution >= 4 is 13.8 Å². The summed E-state index contributed by atoms with van der Waals surface area (Å²) >= 11 is 0. The first-order valence-corrected chi connectivity index (χ1v) is 27.0. The highest BCUT2D eigenvalue weighted by Gasteiger charge is 2.26. The molecular formula is C56H93O9P. The van der Waals surface area contributed by atoms with Crippen molar-refractivity contribution in [2.75, 3.05) is 33.0 Å². The second-order valence-electron chi connectivity index (χ2n) is 16.4. The minimum Gasteiger partial charge on any atom is -0.457 e. The van der Waals surface area contributed by atoms with E-state index >= 15 is 0 Å². The van der Waals surface area contributed by atoms with Crippen LogP contribution in [0.2, 0.25) is 0 Å². The van der Waals surface area contributed by atoms with Crippen molar-refractivity contribution < 1.29 is 43.0 Å². The minimum atomic E-state index is -4.54. The van der Waals surface area contributed by atoms with Crippen LogP contribution in [0.3, 0.4) is 0 Å². The average Bonchev–Trinajstić information content (AvgIpc) is 3.31. The van der Waals surface area contributed by atoms with Crippen LogP contribution in [0.4, 0.5) is 0 Å². The van der Waals surface area contributed by atoms with Crippen LogP contribution in [0.15, 0.2) is 122 Å². The second-order valence-corrected chi connectivity index (χ2v) is 17.9. The van der Waals surface area contributed by atoms with Gasteiger partial charge in [0.05, 0.1) is 26.4 Å². The number of phosphoric acid groups is 1. The molecule has 0 saturated heterocycles. The third-order valence-corrected chi connectivity index (χ3v) is 11.1. The Bertz CT molecular complexity index is 1440. The third kappa shape index (κ3) is 50.3. The van der Waals surface area contributed by atoms with E-state index in [-0.39, 0.29) is 13.0 Å². The summed E-state index contributed by atoms with van der Waals surface area (Å²) in [4.78, 5) is 22.7. The number of allylic oxidation sites excluding steroid dienone is 20. The number of aliphatic hydroxyl groups excluding tert-OH is 2. The topological polar surface area (TPSA) is 132 Å². The molecule has 0 aliphatic rings. The van der Waals surface area contributed by atoms with E-state index in [2.05, 4.69) is 135 Å². The number of hydrogen-bond donors (Lipinski definition) is 3. The molecule has 0 aromatic carbocycles. The van der Waals surface area contributed by atoms with Crippen molar-refractivity contribution in [3.05, 3.63) is 122 Å². The molecule has 0 heterocycles. The quantitative estimate of drug-likeness (QED) is 0.0236. The van der Waals surface area contributed by atoms with Crippen molar-refractivity contribution in [1.29, 1.82) is 0 Å². The summed E-state index contributed by atoms with van der Waals surface area (Å²) in [5.41, 5.74) is 0. The van der Waals surface area contributed by atoms with Gasteiger partial charge < -0.3 is 24.6 Å². The van der Waals surface area contributed by atoms with Crippen molar-refractivity contribution in [2.24, 2.45) is 0 Å². The number of carbonyl (C=O) groups excluding carboxylic acids is 1. The number of unbranched alkanes of at least 4 members (excludes halogenated alkanes) is 13. The highest BCUT2D eigenvalue weighted by molar-refractivity contribution is 7.47. The smallest absolute Gasteiger partial charge is 0.457 e. The van der Waals surface area contributed by atoms with Crippen LogP contribution in [0.5, 0.6) is 0 Å². The molecule has 376 valence electrons. The fourth-order valence-electron chi connectivity index (χ4n) is 6.35. The van der Waals surface area contributed by atoms with Crippen LogP contribution >= 0.6 is 7.82 Å². The zero-order valence-electron chi connectivity index (χ0n) is 41.4. The lowest BCUT2D eigenvalue weighted by molar-refractivity contribution is -0.154. The Balaban J connectivity index is 4.18. The first kappa shape index (κ1) is 62.9. The van der Waals surface area contributed by atoms with Crippen molar-refractivity contribution in [2.45, 2.75) is 193 Å². The molecule has 0 rings (SSSR count). The van der Waals surface area contributed by atoms with Crippen LogP contribution in [0, 0.1) is 0 Å². The van der Waals surface area contributed by atoms with Gasteiger partial charge in [0.15, 0.2) is 0 Å². The van der Waals surface area contributed by atoms with Gasteiger partial charge in [0, 0.05) is 13.0 Å². The van der Waals surface area contributed by atoms with Gasteiger partial charge >= 0.3 is 13.8 Å². The number of esters is 1. The van der Waals surface area contributed by atoms with Gasteiger partial charge in [-0.15, -0.1) is 0 Å². The van der Waals surface area contributed by atoms with Crippen molar-refractivity contribution in [3.8, 4) is 0 Å². The first-order chi connectivity index (χ1) is 32.3. The van der Waals surface area contributed by atoms with Gasteiger partial charge in [-0.3, -0.25) is 13.8 Å². The van der Waals surface area contributed by atoms with Gasteiger partial charge in [0.1, 0.15) is 12.2 Å². The monoisotopic (exact) mass is 941 g/mol. The lowest BCUT2D eigenvalue weighted by Gasteiger charge is -2.20. The minimum absolute atomic E-state index is 0.0265. The van der Waals surface area contributed by atoms with E-state index in [1.807, 2.05) is 0 Å². The number of rotatable bonds is 47. The Morgan fingerprint density at radius 2 is 0.818 bits per heavy atom. The van der Waals surface area contributed by atoms with Gasteiger partial charge in [0.2, 0.25) is 0 Å². The maximum atomic E-state index is 12.7. The van der Waals surface area contributed by atoms with Gasteiger partial charge in [-0.25, -0.2) is 4.57 Å². The molecule has 0 saturated carbocycles. The molecule has 3 atom stereocenters. The Hall–Kier alpha value is -3.14.